The highest BCUT2D eigenvalue weighted by Gasteiger charge is 2.17. The van der Waals surface area contributed by atoms with Crippen LogP contribution in [0.3, 0.4) is 0 Å². The molecule has 106 valence electrons. The van der Waals surface area contributed by atoms with E-state index in [0.29, 0.717) is 6.61 Å². The van der Waals surface area contributed by atoms with Crippen LogP contribution < -0.4 is 4.74 Å². The molecule has 0 saturated heterocycles. The number of aliphatic carboxylic acids is 1. The number of carboxylic acid groups (broad SMARTS) is 1. The fourth-order valence-electron chi connectivity index (χ4n) is 2.47. The first-order valence-electron chi connectivity index (χ1n) is 7.09. The summed E-state index contributed by atoms with van der Waals surface area (Å²) in [7, 11) is 0. The average Bonchev–Trinajstić information content (AvgIpc) is 2.38. The third kappa shape index (κ3) is 4.58. The molecule has 0 spiro atoms. The monoisotopic (exact) mass is 264 g/mol. The standard InChI is InChI=1S/C16H24O3/c1-4-7-13(11-16(17)18)15-9-8-14(19-6-3)10-12(15)5-2/h8-10,13H,4-7,11H2,1-3H3,(H,17,18). The number of carboxylic acids is 1. The van der Waals surface area contributed by atoms with E-state index >= 15 is 0 Å². The number of rotatable bonds is 8. The van der Waals surface area contributed by atoms with Gasteiger partial charge in [0.15, 0.2) is 0 Å². The van der Waals surface area contributed by atoms with Gasteiger partial charge in [-0.2, -0.15) is 0 Å². The van der Waals surface area contributed by atoms with Gasteiger partial charge in [0.25, 0.3) is 0 Å². The molecule has 1 aromatic carbocycles. The number of benzene rings is 1. The molecule has 0 bridgehead atoms. The van der Waals surface area contributed by atoms with Gasteiger partial charge in [-0.05, 0) is 48.9 Å². The molecule has 0 aliphatic rings. The third-order valence-corrected chi connectivity index (χ3v) is 3.30. The summed E-state index contributed by atoms with van der Waals surface area (Å²) >= 11 is 0. The van der Waals surface area contributed by atoms with E-state index in [9.17, 15) is 4.79 Å². The van der Waals surface area contributed by atoms with Crippen molar-refractivity contribution in [2.45, 2.75) is 52.4 Å². The van der Waals surface area contributed by atoms with E-state index < -0.39 is 5.97 Å². The first-order chi connectivity index (χ1) is 9.12. The Balaban J connectivity index is 3.03. The Morgan fingerprint density at radius 2 is 2.05 bits per heavy atom. The van der Waals surface area contributed by atoms with Gasteiger partial charge in [0.1, 0.15) is 5.75 Å². The zero-order valence-corrected chi connectivity index (χ0v) is 12.1. The van der Waals surface area contributed by atoms with Crippen molar-refractivity contribution in [1.82, 2.24) is 0 Å². The highest BCUT2D eigenvalue weighted by molar-refractivity contribution is 5.68. The molecule has 1 N–H and O–H groups in total. The van der Waals surface area contributed by atoms with Crippen LogP contribution in [0.15, 0.2) is 18.2 Å². The molecular formula is C16H24O3. The third-order valence-electron chi connectivity index (χ3n) is 3.30. The first kappa shape index (κ1) is 15.5. The van der Waals surface area contributed by atoms with Crippen molar-refractivity contribution in [3.63, 3.8) is 0 Å². The van der Waals surface area contributed by atoms with E-state index in [1.165, 1.54) is 5.56 Å². The van der Waals surface area contributed by atoms with E-state index in [1.807, 2.05) is 25.1 Å². The smallest absolute Gasteiger partial charge is 0.303 e. The Labute approximate surface area is 115 Å². The van der Waals surface area contributed by atoms with Crippen LogP contribution in [0.5, 0.6) is 5.75 Å². The molecule has 1 aromatic rings. The Kier molecular flexibility index (Phi) is 6.40. The van der Waals surface area contributed by atoms with Crippen LogP contribution in [0.25, 0.3) is 0 Å². The van der Waals surface area contributed by atoms with Crippen molar-refractivity contribution < 1.29 is 14.6 Å². The summed E-state index contributed by atoms with van der Waals surface area (Å²) in [5.41, 5.74) is 2.36. The van der Waals surface area contributed by atoms with E-state index in [1.54, 1.807) is 0 Å². The van der Waals surface area contributed by atoms with E-state index in [-0.39, 0.29) is 12.3 Å². The minimum Gasteiger partial charge on any atom is -0.494 e. The summed E-state index contributed by atoms with van der Waals surface area (Å²) < 4.78 is 5.51. The van der Waals surface area contributed by atoms with Gasteiger partial charge >= 0.3 is 5.97 Å². The molecule has 0 radical (unpaired) electrons. The van der Waals surface area contributed by atoms with Crippen LogP contribution in [0.2, 0.25) is 0 Å². The van der Waals surface area contributed by atoms with Crippen molar-refractivity contribution in [2.75, 3.05) is 6.61 Å². The predicted molar refractivity (Wildman–Crippen MR) is 76.9 cm³/mol. The lowest BCUT2D eigenvalue weighted by Gasteiger charge is -2.19. The molecule has 0 heterocycles. The number of hydrogen-bond donors (Lipinski definition) is 1. The summed E-state index contributed by atoms with van der Waals surface area (Å²) in [6.07, 6.45) is 3.01. The minimum atomic E-state index is -0.727. The summed E-state index contributed by atoms with van der Waals surface area (Å²) in [5.74, 6) is 0.246. The molecule has 3 heteroatoms. The Bertz CT molecular complexity index is 412. The quantitative estimate of drug-likeness (QED) is 0.771. The maximum absolute atomic E-state index is 11.0. The van der Waals surface area contributed by atoms with Crippen LogP contribution in [0, 0.1) is 0 Å². The van der Waals surface area contributed by atoms with Crippen molar-refractivity contribution in [2.24, 2.45) is 0 Å². The molecule has 0 fully saturated rings. The van der Waals surface area contributed by atoms with Gasteiger partial charge in [0.05, 0.1) is 13.0 Å². The number of ether oxygens (including phenoxy) is 1. The normalized spacial score (nSPS) is 12.2. The SMILES string of the molecule is CCCC(CC(=O)O)c1ccc(OCC)cc1CC. The van der Waals surface area contributed by atoms with Gasteiger partial charge in [0, 0.05) is 0 Å². The molecule has 19 heavy (non-hydrogen) atoms. The van der Waals surface area contributed by atoms with Crippen molar-refractivity contribution in [3.8, 4) is 5.75 Å². The highest BCUT2D eigenvalue weighted by Crippen LogP contribution is 2.30. The Morgan fingerprint density at radius 3 is 2.58 bits per heavy atom. The number of hydrogen-bond acceptors (Lipinski definition) is 2. The summed E-state index contributed by atoms with van der Waals surface area (Å²) in [5, 5.41) is 9.05. The molecule has 1 unspecified atom stereocenters. The lowest BCUT2D eigenvalue weighted by atomic mass is 9.87. The zero-order valence-electron chi connectivity index (χ0n) is 12.1. The van der Waals surface area contributed by atoms with Crippen LogP contribution in [0.4, 0.5) is 0 Å². The fraction of sp³-hybridized carbons (Fsp3) is 0.562. The van der Waals surface area contributed by atoms with Crippen LogP contribution >= 0.6 is 0 Å². The maximum atomic E-state index is 11.0. The van der Waals surface area contributed by atoms with Gasteiger partial charge in [0.2, 0.25) is 0 Å². The largest absolute Gasteiger partial charge is 0.494 e. The number of carbonyl (C=O) groups is 1. The topological polar surface area (TPSA) is 46.5 Å². The zero-order chi connectivity index (χ0) is 14.3. The molecule has 0 aliphatic carbocycles. The van der Waals surface area contributed by atoms with E-state index in [4.69, 9.17) is 9.84 Å². The minimum absolute atomic E-state index is 0.105. The molecule has 0 aliphatic heterocycles. The summed E-state index contributed by atoms with van der Waals surface area (Å²) in [4.78, 5) is 11.0. The molecule has 1 atom stereocenters. The maximum Gasteiger partial charge on any atom is 0.303 e. The predicted octanol–water partition coefficient (Wildman–Crippen LogP) is 4.01. The lowest BCUT2D eigenvalue weighted by molar-refractivity contribution is -0.137. The Morgan fingerprint density at radius 1 is 1.32 bits per heavy atom. The molecule has 1 rings (SSSR count). The second kappa shape index (κ2) is 7.82. The van der Waals surface area contributed by atoms with Crippen molar-refractivity contribution in [3.05, 3.63) is 29.3 Å². The first-order valence-corrected chi connectivity index (χ1v) is 7.09. The summed E-state index contributed by atoms with van der Waals surface area (Å²) in [6.45, 7) is 6.80. The van der Waals surface area contributed by atoms with Crippen molar-refractivity contribution >= 4 is 5.97 Å². The summed E-state index contributed by atoms with van der Waals surface area (Å²) in [6, 6.07) is 6.03. The molecule has 0 amide bonds. The van der Waals surface area contributed by atoms with Crippen LogP contribution in [0.1, 0.15) is 57.1 Å². The van der Waals surface area contributed by atoms with Gasteiger partial charge in [-0.3, -0.25) is 4.79 Å². The van der Waals surface area contributed by atoms with Crippen LogP contribution in [-0.2, 0) is 11.2 Å². The van der Waals surface area contributed by atoms with Gasteiger partial charge < -0.3 is 9.84 Å². The second-order valence-electron chi connectivity index (χ2n) is 4.73. The van der Waals surface area contributed by atoms with E-state index in [2.05, 4.69) is 13.8 Å². The Hall–Kier alpha value is -1.51. The fourth-order valence-corrected chi connectivity index (χ4v) is 2.47. The lowest BCUT2D eigenvalue weighted by Crippen LogP contribution is -2.09. The van der Waals surface area contributed by atoms with Crippen LogP contribution in [-0.4, -0.2) is 17.7 Å². The number of aryl methyl sites for hydroxylation is 1. The van der Waals surface area contributed by atoms with E-state index in [0.717, 1.165) is 30.6 Å². The van der Waals surface area contributed by atoms with Crippen molar-refractivity contribution in [1.29, 1.82) is 0 Å². The highest BCUT2D eigenvalue weighted by atomic mass is 16.5. The molecule has 0 saturated carbocycles. The second-order valence-corrected chi connectivity index (χ2v) is 4.73. The average molecular weight is 264 g/mol. The van der Waals surface area contributed by atoms with Gasteiger partial charge in [-0.25, -0.2) is 0 Å². The molecular weight excluding hydrogens is 240 g/mol. The van der Waals surface area contributed by atoms with Gasteiger partial charge in [-0.15, -0.1) is 0 Å². The molecule has 0 aromatic heterocycles. The van der Waals surface area contributed by atoms with Gasteiger partial charge in [-0.1, -0.05) is 26.3 Å². The molecule has 3 nitrogen and oxygen atoms in total.